The Morgan fingerprint density at radius 1 is 0.608 bits per heavy atom. The van der Waals surface area contributed by atoms with Crippen molar-refractivity contribution < 1.29 is 230 Å². The molecule has 1 aromatic heterocycles. The summed E-state index contributed by atoms with van der Waals surface area (Å²) in [4.78, 5) is 11.8. The maximum absolute atomic E-state index is 14.0. The molecule has 5 N–H and O–H groups in total. The molecule has 0 unspecified atom stereocenters. The van der Waals surface area contributed by atoms with Gasteiger partial charge in [-0.25, -0.2) is 56.3 Å². The SMILES string of the molecule is Nc1c(N=Nc2ccccc2S(=O)(=O)[O-])c(S(=O)(=O)[O-])cc2cc(S(=O)(=O)[O-])c(N=Nc3cc(N=c4[nH]c(Cl)nc(=Nc5cccc(S(=O)(=O)CCOS(=O)(=O)O)c5)[nH]4)ccc3S(=O)(=O)[O-])c([O-])c12.[Na+].[Na+].[Na+].[Na+].[Na+]. The Morgan fingerprint density at radius 3 is 1.72 bits per heavy atom. The predicted octanol–water partition coefficient (Wildman–Crippen LogP) is -13.3. The number of halogens is 1. The summed E-state index contributed by atoms with van der Waals surface area (Å²) >= 11 is 6.10. The van der Waals surface area contributed by atoms with E-state index in [0.29, 0.717) is 18.2 Å². The summed E-state index contributed by atoms with van der Waals surface area (Å²) in [7, 11) is -31.3. The van der Waals surface area contributed by atoms with Crippen molar-refractivity contribution >= 4 is 123 Å². The van der Waals surface area contributed by atoms with Crippen LogP contribution in [0.5, 0.6) is 5.75 Å². The van der Waals surface area contributed by atoms with Crippen molar-refractivity contribution in [2.24, 2.45) is 30.4 Å². The molecular weight excluding hydrogens is 1180 g/mol. The molecule has 0 spiro atoms. The summed E-state index contributed by atoms with van der Waals surface area (Å²) in [6.07, 6.45) is 0. The standard InChI is InChI=1S/C33H27ClN10O19S6.5Na/c34-31-38-32(36-17-4-3-5-19(14-17)64(46,47)11-10-63-69(60,61)62)40-33(39-31)37-18-8-9-23(66(51,52)53)21(15-18)42-44-29-25(68(57,58)59)13-16-12-24(67(54,55)56)28(27(35)26(16)30(29)45)43-41-20-6-1-2-7-22(20)65(48,49)50;;;;;/h1-9,12-15,45H,10-11,35H2,(H,48,49,50)(H,51,52,53)(H,54,55,56)(H,57,58,59)(H,60,61,62)(H2,36,37,38,39,40);;;;;/q;5*+1/p-5. The van der Waals surface area contributed by atoms with Crippen molar-refractivity contribution in [2.45, 2.75) is 24.5 Å². The van der Waals surface area contributed by atoms with E-state index in [9.17, 15) is 73.8 Å². The monoisotopic (exact) mass is 1200 g/mol. The number of anilines is 1. The molecule has 0 saturated carbocycles. The molecule has 0 fully saturated rings. The first-order valence-corrected chi connectivity index (χ1v) is 26.8. The quantitative estimate of drug-likeness (QED) is 0.0321. The van der Waals surface area contributed by atoms with Crippen LogP contribution in [0.25, 0.3) is 10.8 Å². The van der Waals surface area contributed by atoms with E-state index in [1.54, 1.807) is 0 Å². The van der Waals surface area contributed by atoms with E-state index >= 15 is 0 Å². The maximum atomic E-state index is 14.0. The number of sulfone groups is 1. The Bertz CT molecular complexity index is 4060. The number of nitrogens with one attached hydrogen (secondary N) is 2. The van der Waals surface area contributed by atoms with Gasteiger partial charge in [-0.15, -0.1) is 20.5 Å². The maximum Gasteiger partial charge on any atom is 1.00 e. The summed E-state index contributed by atoms with van der Waals surface area (Å²) in [6, 6.07) is 11.9. The first-order chi connectivity index (χ1) is 31.8. The van der Waals surface area contributed by atoms with Crippen molar-refractivity contribution in [3.05, 3.63) is 95.4 Å². The number of nitrogen functional groups attached to an aromatic ring is 1. The smallest absolute Gasteiger partial charge is 0.870 e. The molecule has 6 aromatic rings. The van der Waals surface area contributed by atoms with Gasteiger partial charge in [-0.3, -0.25) is 9.54 Å². The number of nitrogens with zero attached hydrogens (tertiary/aromatic N) is 7. The Hall–Kier alpha value is -1.48. The molecule has 0 saturated heterocycles. The first kappa shape index (κ1) is 70.5. The fraction of sp³-hybridized carbons (Fsp3) is 0.0606. The Balaban J connectivity index is 0.00000548. The van der Waals surface area contributed by atoms with Crippen LogP contribution in [0.1, 0.15) is 0 Å². The number of H-pyrrole nitrogens is 2. The number of hydrogen-bond acceptors (Lipinski definition) is 26. The van der Waals surface area contributed by atoms with Crippen LogP contribution in [0.4, 0.5) is 39.8 Å². The largest absolute Gasteiger partial charge is 1.00 e. The number of benzene rings is 5. The second-order valence-corrected chi connectivity index (χ2v) is 22.2. The topological polar surface area (TPSA) is 494 Å². The Labute approximate surface area is 534 Å². The van der Waals surface area contributed by atoms with Gasteiger partial charge < -0.3 is 34.0 Å². The van der Waals surface area contributed by atoms with Gasteiger partial charge in [-0.2, -0.15) is 13.4 Å². The number of aromatic nitrogens is 3. The van der Waals surface area contributed by atoms with Crippen LogP contribution in [0.2, 0.25) is 5.28 Å². The summed E-state index contributed by atoms with van der Waals surface area (Å²) in [6.45, 7) is -0.919. The number of hydrogen-bond donors (Lipinski definition) is 4. The van der Waals surface area contributed by atoms with Gasteiger partial charge in [0.05, 0.1) is 59.6 Å². The van der Waals surface area contributed by atoms with Crippen LogP contribution in [-0.4, -0.2) is 101 Å². The minimum atomic E-state index is -5.82. The molecular formula is C33H22ClN10Na5O19S6. The number of aromatic amines is 2. The molecule has 1 heterocycles. The summed E-state index contributed by atoms with van der Waals surface area (Å²) < 4.78 is 206. The van der Waals surface area contributed by atoms with Gasteiger partial charge in [-0.1, -0.05) is 23.9 Å². The molecule has 6 rings (SSSR count). The molecule has 0 bridgehead atoms. The molecule has 5 aromatic carbocycles. The molecule has 0 aliphatic heterocycles. The third-order valence-corrected chi connectivity index (χ3v) is 14.4. The number of nitrogens with two attached hydrogens (primary N) is 1. The molecule has 0 aliphatic rings. The Kier molecular flexibility index (Phi) is 26.3. The third kappa shape index (κ3) is 18.3. The van der Waals surface area contributed by atoms with Crippen molar-refractivity contribution in [1.29, 1.82) is 0 Å². The minimum absolute atomic E-state index is 0. The zero-order valence-corrected chi connectivity index (χ0v) is 53.9. The average molecular weight is 1210 g/mol. The fourth-order valence-corrected chi connectivity index (χ4v) is 9.95. The van der Waals surface area contributed by atoms with E-state index in [1.165, 1.54) is 18.2 Å². The second kappa shape index (κ2) is 27.6. The van der Waals surface area contributed by atoms with Gasteiger partial charge in [0.25, 0.3) is 0 Å². The summed E-state index contributed by atoms with van der Waals surface area (Å²) in [5.41, 5.74) is -0.227. The molecule has 74 heavy (non-hydrogen) atoms. The van der Waals surface area contributed by atoms with Crippen molar-refractivity contribution in [3.8, 4) is 5.75 Å². The van der Waals surface area contributed by atoms with E-state index in [4.69, 9.17) is 21.9 Å². The third-order valence-electron chi connectivity index (χ3n) is 8.59. The van der Waals surface area contributed by atoms with Crippen LogP contribution < -0.4 is 170 Å². The molecule has 0 amide bonds. The van der Waals surface area contributed by atoms with Crippen LogP contribution in [0.15, 0.2) is 134 Å². The summed E-state index contributed by atoms with van der Waals surface area (Å²) in [5.74, 6) is -2.52. The number of fused-ring (bicyclic) bond motifs is 1. The predicted molar refractivity (Wildman–Crippen MR) is 225 cm³/mol. The van der Waals surface area contributed by atoms with Crippen LogP contribution in [-0.2, 0) is 64.9 Å². The first-order valence-electron chi connectivity index (χ1n) is 17.7. The fourth-order valence-electron chi connectivity index (χ4n) is 5.76. The van der Waals surface area contributed by atoms with Gasteiger partial charge in [0.15, 0.2) is 9.84 Å². The van der Waals surface area contributed by atoms with Gasteiger partial charge in [0.2, 0.25) is 16.5 Å². The van der Waals surface area contributed by atoms with Gasteiger partial charge in [-0.05, 0) is 77.7 Å². The molecule has 366 valence electrons. The molecule has 0 atom stereocenters. The van der Waals surface area contributed by atoms with E-state index < -0.39 is 143 Å². The van der Waals surface area contributed by atoms with E-state index in [1.807, 2.05) is 0 Å². The van der Waals surface area contributed by atoms with Crippen LogP contribution in [0, 0.1) is 0 Å². The van der Waals surface area contributed by atoms with Crippen molar-refractivity contribution in [2.75, 3.05) is 18.1 Å². The number of rotatable bonds is 15. The molecule has 0 aliphatic carbocycles. The van der Waals surface area contributed by atoms with Crippen LogP contribution >= 0.6 is 11.6 Å². The van der Waals surface area contributed by atoms with E-state index in [-0.39, 0.29) is 175 Å². The van der Waals surface area contributed by atoms with Gasteiger partial charge in [0.1, 0.15) is 57.5 Å². The molecule has 41 heteroatoms. The Morgan fingerprint density at radius 2 is 1.14 bits per heavy atom. The van der Waals surface area contributed by atoms with Gasteiger partial charge >= 0.3 is 158 Å². The van der Waals surface area contributed by atoms with E-state index in [0.717, 1.165) is 42.5 Å². The minimum Gasteiger partial charge on any atom is -0.870 e. The normalized spacial score (nSPS) is 12.9. The zero-order valence-electron chi connectivity index (χ0n) is 38.3. The van der Waals surface area contributed by atoms with Gasteiger partial charge in [0, 0.05) is 5.39 Å². The number of azo groups is 2. The van der Waals surface area contributed by atoms with Crippen LogP contribution in [0.3, 0.4) is 0 Å². The second-order valence-electron chi connectivity index (χ2n) is 13.2. The average Bonchev–Trinajstić information content (AvgIpc) is 3.20. The zero-order chi connectivity index (χ0) is 51.1. The van der Waals surface area contributed by atoms with Crippen molar-refractivity contribution in [3.63, 3.8) is 0 Å². The molecule has 0 radical (unpaired) electrons. The van der Waals surface area contributed by atoms with E-state index in [2.05, 4.69) is 49.6 Å². The summed E-state index contributed by atoms with van der Waals surface area (Å²) in [5, 5.41) is 25.9. The van der Waals surface area contributed by atoms with Crippen molar-refractivity contribution in [1.82, 2.24) is 15.0 Å². The molecule has 29 nitrogen and oxygen atoms in total.